The highest BCUT2D eigenvalue weighted by atomic mass is 16.5. The van der Waals surface area contributed by atoms with Gasteiger partial charge in [0.25, 0.3) is 0 Å². The predicted molar refractivity (Wildman–Crippen MR) is 87.5 cm³/mol. The summed E-state index contributed by atoms with van der Waals surface area (Å²) in [7, 11) is 0. The van der Waals surface area contributed by atoms with E-state index in [2.05, 4.69) is 57.3 Å². The smallest absolute Gasteiger partial charge is 0.119 e. The second-order valence-corrected chi connectivity index (χ2v) is 6.49. The van der Waals surface area contributed by atoms with Gasteiger partial charge >= 0.3 is 0 Å². The van der Waals surface area contributed by atoms with Crippen LogP contribution in [0.5, 0.6) is 5.75 Å². The normalized spacial score (nSPS) is 13.2. The monoisotopic (exact) mass is 277 g/mol. The maximum atomic E-state index is 5.48. The number of hydrogen-bond acceptors (Lipinski definition) is 2. The Morgan fingerprint density at radius 1 is 1.10 bits per heavy atom. The zero-order valence-corrected chi connectivity index (χ0v) is 13.8. The van der Waals surface area contributed by atoms with Crippen LogP contribution < -0.4 is 10.1 Å². The molecule has 1 aromatic rings. The van der Waals surface area contributed by atoms with E-state index in [1.807, 2.05) is 6.92 Å². The fourth-order valence-corrected chi connectivity index (χ4v) is 2.39. The summed E-state index contributed by atoms with van der Waals surface area (Å²) in [5.74, 6) is 0.965. The van der Waals surface area contributed by atoms with E-state index in [0.717, 1.165) is 25.3 Å². The molecule has 0 radical (unpaired) electrons. The van der Waals surface area contributed by atoms with E-state index in [9.17, 15) is 0 Å². The van der Waals surface area contributed by atoms with Crippen molar-refractivity contribution in [1.29, 1.82) is 0 Å². The van der Waals surface area contributed by atoms with Crippen LogP contribution in [0.25, 0.3) is 0 Å². The first-order valence-electron chi connectivity index (χ1n) is 7.92. The highest BCUT2D eigenvalue weighted by Crippen LogP contribution is 2.24. The Labute approximate surface area is 124 Å². The minimum Gasteiger partial charge on any atom is -0.494 e. The molecule has 0 fully saturated rings. The third kappa shape index (κ3) is 5.96. The summed E-state index contributed by atoms with van der Waals surface area (Å²) >= 11 is 0. The lowest BCUT2D eigenvalue weighted by atomic mass is 9.83. The summed E-state index contributed by atoms with van der Waals surface area (Å²) < 4.78 is 5.48. The maximum absolute atomic E-state index is 5.48. The van der Waals surface area contributed by atoms with Crippen LogP contribution in [0.1, 0.15) is 53.0 Å². The molecule has 0 saturated carbocycles. The molecule has 1 atom stereocenters. The quantitative estimate of drug-likeness (QED) is 0.759. The first-order chi connectivity index (χ1) is 9.47. The van der Waals surface area contributed by atoms with Crippen LogP contribution in [0.15, 0.2) is 24.3 Å². The van der Waals surface area contributed by atoms with Gasteiger partial charge in [-0.3, -0.25) is 0 Å². The highest BCUT2D eigenvalue weighted by Gasteiger charge is 2.23. The van der Waals surface area contributed by atoms with Gasteiger partial charge in [-0.1, -0.05) is 39.8 Å². The molecule has 1 N–H and O–H groups in total. The Balaban J connectivity index is 2.53. The van der Waals surface area contributed by atoms with Crippen molar-refractivity contribution in [2.45, 2.75) is 59.9 Å². The van der Waals surface area contributed by atoms with Crippen molar-refractivity contribution in [1.82, 2.24) is 5.32 Å². The number of rotatable bonds is 8. The number of nitrogens with one attached hydrogen (secondary N) is 1. The van der Waals surface area contributed by atoms with E-state index < -0.39 is 0 Å². The second kappa shape index (κ2) is 8.31. The van der Waals surface area contributed by atoms with Crippen LogP contribution in [-0.2, 0) is 6.42 Å². The Bertz CT molecular complexity index is 364. The van der Waals surface area contributed by atoms with E-state index in [4.69, 9.17) is 4.74 Å². The maximum Gasteiger partial charge on any atom is 0.119 e. The molecule has 0 spiro atoms. The second-order valence-electron chi connectivity index (χ2n) is 6.49. The Morgan fingerprint density at radius 3 is 2.25 bits per heavy atom. The fraction of sp³-hybridized carbons (Fsp3) is 0.667. The number of ether oxygens (including phenoxy) is 1. The van der Waals surface area contributed by atoms with Gasteiger partial charge in [-0.25, -0.2) is 0 Å². The van der Waals surface area contributed by atoms with Gasteiger partial charge in [-0.15, -0.1) is 0 Å². The molecule has 0 heterocycles. The number of hydrogen-bond donors (Lipinski definition) is 1. The summed E-state index contributed by atoms with van der Waals surface area (Å²) in [6.45, 7) is 13.0. The first-order valence-corrected chi connectivity index (χ1v) is 7.92. The van der Waals surface area contributed by atoms with Crippen LogP contribution in [0, 0.1) is 5.41 Å². The van der Waals surface area contributed by atoms with Gasteiger partial charge in [-0.05, 0) is 55.8 Å². The lowest BCUT2D eigenvalue weighted by Gasteiger charge is -2.32. The zero-order valence-electron chi connectivity index (χ0n) is 13.8. The highest BCUT2D eigenvalue weighted by molar-refractivity contribution is 5.27. The summed E-state index contributed by atoms with van der Waals surface area (Å²) in [6, 6.07) is 9.08. The average Bonchev–Trinajstić information content (AvgIpc) is 2.39. The van der Waals surface area contributed by atoms with Crippen LogP contribution >= 0.6 is 0 Å². The van der Waals surface area contributed by atoms with E-state index >= 15 is 0 Å². The Hall–Kier alpha value is -1.02. The molecule has 0 aliphatic carbocycles. The Kier molecular flexibility index (Phi) is 7.08. The molecule has 2 nitrogen and oxygen atoms in total. The van der Waals surface area contributed by atoms with Crippen molar-refractivity contribution in [2.75, 3.05) is 13.2 Å². The van der Waals surface area contributed by atoms with E-state index in [-0.39, 0.29) is 0 Å². The van der Waals surface area contributed by atoms with Gasteiger partial charge in [0, 0.05) is 6.04 Å². The summed E-state index contributed by atoms with van der Waals surface area (Å²) in [6.07, 6.45) is 3.48. The average molecular weight is 277 g/mol. The van der Waals surface area contributed by atoms with Crippen LogP contribution in [-0.4, -0.2) is 19.2 Å². The molecule has 0 bridgehead atoms. The van der Waals surface area contributed by atoms with Gasteiger partial charge in [0.2, 0.25) is 0 Å². The molecular weight excluding hydrogens is 246 g/mol. The van der Waals surface area contributed by atoms with Crippen molar-refractivity contribution >= 4 is 0 Å². The van der Waals surface area contributed by atoms with Crippen molar-refractivity contribution < 1.29 is 4.74 Å². The molecule has 1 aromatic carbocycles. The van der Waals surface area contributed by atoms with Crippen molar-refractivity contribution in [3.05, 3.63) is 29.8 Å². The van der Waals surface area contributed by atoms with Gasteiger partial charge < -0.3 is 10.1 Å². The number of aryl methyl sites for hydroxylation is 1. The van der Waals surface area contributed by atoms with E-state index in [1.54, 1.807) is 0 Å². The largest absolute Gasteiger partial charge is 0.494 e. The van der Waals surface area contributed by atoms with Gasteiger partial charge in [0.15, 0.2) is 0 Å². The summed E-state index contributed by atoms with van der Waals surface area (Å²) in [5.41, 5.74) is 1.70. The summed E-state index contributed by atoms with van der Waals surface area (Å²) in [5, 5.41) is 3.69. The van der Waals surface area contributed by atoms with Crippen LogP contribution in [0.4, 0.5) is 0 Å². The van der Waals surface area contributed by atoms with E-state index in [1.165, 1.54) is 18.4 Å². The third-order valence-electron chi connectivity index (χ3n) is 3.64. The molecule has 0 aliphatic heterocycles. The molecule has 114 valence electrons. The zero-order chi connectivity index (χ0) is 15.0. The number of benzene rings is 1. The molecule has 20 heavy (non-hydrogen) atoms. The van der Waals surface area contributed by atoms with Gasteiger partial charge in [-0.2, -0.15) is 0 Å². The molecule has 0 amide bonds. The summed E-state index contributed by atoms with van der Waals surface area (Å²) in [4.78, 5) is 0. The van der Waals surface area contributed by atoms with Gasteiger partial charge in [0.1, 0.15) is 5.75 Å². The minimum absolute atomic E-state index is 0.306. The fourth-order valence-electron chi connectivity index (χ4n) is 2.39. The van der Waals surface area contributed by atoms with Crippen LogP contribution in [0.2, 0.25) is 0 Å². The predicted octanol–water partition coefficient (Wildman–Crippen LogP) is 4.43. The van der Waals surface area contributed by atoms with Crippen molar-refractivity contribution in [3.8, 4) is 5.75 Å². The Morgan fingerprint density at radius 2 is 1.75 bits per heavy atom. The molecule has 0 saturated heterocycles. The molecular formula is C18H31NO. The lowest BCUT2D eigenvalue weighted by molar-refractivity contribution is 0.255. The first kappa shape index (κ1) is 17.0. The molecule has 0 aliphatic rings. The molecule has 1 rings (SSSR count). The SMILES string of the molecule is CCCNC(CCc1ccc(OCC)cc1)C(C)(C)C. The lowest BCUT2D eigenvalue weighted by Crippen LogP contribution is -2.41. The molecule has 1 unspecified atom stereocenters. The van der Waals surface area contributed by atoms with Crippen LogP contribution in [0.3, 0.4) is 0 Å². The molecule has 2 heteroatoms. The topological polar surface area (TPSA) is 21.3 Å². The third-order valence-corrected chi connectivity index (χ3v) is 3.64. The van der Waals surface area contributed by atoms with Gasteiger partial charge in [0.05, 0.1) is 6.61 Å². The van der Waals surface area contributed by atoms with E-state index in [0.29, 0.717) is 11.5 Å². The minimum atomic E-state index is 0.306. The van der Waals surface area contributed by atoms with Crippen molar-refractivity contribution in [2.24, 2.45) is 5.41 Å². The van der Waals surface area contributed by atoms with Crippen molar-refractivity contribution in [3.63, 3.8) is 0 Å². The standard InChI is InChI=1S/C18H31NO/c1-6-14-19-17(18(3,4)5)13-10-15-8-11-16(12-9-15)20-7-2/h8-9,11-12,17,19H,6-7,10,13-14H2,1-5H3. The molecule has 0 aromatic heterocycles.